The highest BCUT2D eigenvalue weighted by atomic mass is 35.5. The number of amides is 1. The van der Waals surface area contributed by atoms with Crippen LogP contribution in [-0.4, -0.2) is 29.6 Å². The lowest BCUT2D eigenvalue weighted by atomic mass is 9.92. The summed E-state index contributed by atoms with van der Waals surface area (Å²) in [5.41, 5.74) is 1.99. The summed E-state index contributed by atoms with van der Waals surface area (Å²) in [7, 11) is 0. The van der Waals surface area contributed by atoms with Gasteiger partial charge in [-0.25, -0.2) is 4.39 Å². The molecule has 0 fully saturated rings. The lowest BCUT2D eigenvalue weighted by molar-refractivity contribution is -0.142. The summed E-state index contributed by atoms with van der Waals surface area (Å²) < 4.78 is 14.1. The van der Waals surface area contributed by atoms with E-state index in [1.807, 2.05) is 6.07 Å². The third kappa shape index (κ3) is 5.99. The first kappa shape index (κ1) is 23.1. The molecule has 1 aliphatic heterocycles. The summed E-state index contributed by atoms with van der Waals surface area (Å²) in [6, 6.07) is 12.7. The van der Waals surface area contributed by atoms with E-state index in [1.54, 1.807) is 30.3 Å². The largest absolute Gasteiger partial charge is 0.481 e. The van der Waals surface area contributed by atoms with Gasteiger partial charge in [-0.1, -0.05) is 35.9 Å². The van der Waals surface area contributed by atoms with Gasteiger partial charge in [0.05, 0.1) is 18.5 Å². The Morgan fingerprint density at radius 3 is 2.62 bits per heavy atom. The second kappa shape index (κ2) is 10.6. The first-order valence-electron chi connectivity index (χ1n) is 9.90. The molecule has 1 aliphatic rings. The molecule has 3 rings (SSSR count). The zero-order chi connectivity index (χ0) is 23.1. The second-order valence-electron chi connectivity index (χ2n) is 7.34. The molecule has 9 heteroatoms. The normalized spacial score (nSPS) is 14.3. The van der Waals surface area contributed by atoms with Crippen molar-refractivity contribution in [3.63, 3.8) is 0 Å². The Morgan fingerprint density at radius 1 is 1.25 bits per heavy atom. The summed E-state index contributed by atoms with van der Waals surface area (Å²) in [5, 5.41) is 29.1. The molecule has 2 aromatic carbocycles. The van der Waals surface area contributed by atoms with Crippen LogP contribution < -0.4 is 5.32 Å². The molecule has 0 spiro atoms. The van der Waals surface area contributed by atoms with Crippen molar-refractivity contribution in [2.45, 2.75) is 25.3 Å². The Balaban J connectivity index is 1.79. The number of nitriles is 1. The predicted octanol–water partition coefficient (Wildman–Crippen LogP) is 4.53. The van der Waals surface area contributed by atoms with Crippen molar-refractivity contribution in [3.05, 3.63) is 70.6 Å². The number of nitrogens with one attached hydrogen (secondary N) is 1. The Hall–Kier alpha value is -3.57. The molecule has 0 bridgehead atoms. The van der Waals surface area contributed by atoms with E-state index in [2.05, 4.69) is 15.5 Å². The van der Waals surface area contributed by atoms with E-state index in [-0.39, 0.29) is 18.5 Å². The number of nitrogens with zero attached hydrogens (tertiary/aromatic N) is 3. The van der Waals surface area contributed by atoms with Gasteiger partial charge in [-0.2, -0.15) is 15.5 Å². The molecule has 1 heterocycles. The number of hydrogen-bond donors (Lipinski definition) is 2. The highest BCUT2D eigenvalue weighted by Crippen LogP contribution is 2.27. The van der Waals surface area contributed by atoms with Crippen LogP contribution in [0.5, 0.6) is 0 Å². The maximum Gasteiger partial charge on any atom is 0.307 e. The van der Waals surface area contributed by atoms with Crippen molar-refractivity contribution in [2.75, 3.05) is 6.54 Å². The highest BCUT2D eigenvalue weighted by molar-refractivity contribution is 6.30. The number of carboxylic acid groups (broad SMARTS) is 1. The molecule has 0 aromatic heterocycles. The molecule has 0 saturated heterocycles. The molecule has 0 radical (unpaired) electrons. The third-order valence-electron chi connectivity index (χ3n) is 5.04. The van der Waals surface area contributed by atoms with Crippen molar-refractivity contribution in [1.29, 1.82) is 5.26 Å². The Morgan fingerprint density at radius 2 is 2.00 bits per heavy atom. The van der Waals surface area contributed by atoms with E-state index in [0.29, 0.717) is 29.1 Å². The minimum absolute atomic E-state index is 0.0731. The van der Waals surface area contributed by atoms with Gasteiger partial charge in [0.25, 0.3) is 5.91 Å². The average molecular weight is 455 g/mol. The van der Waals surface area contributed by atoms with Crippen molar-refractivity contribution in [2.24, 2.45) is 16.1 Å². The van der Waals surface area contributed by atoms with E-state index < -0.39 is 29.7 Å². The quantitative estimate of drug-likeness (QED) is 0.579. The van der Waals surface area contributed by atoms with E-state index in [1.165, 1.54) is 18.2 Å². The molecule has 0 unspecified atom stereocenters. The summed E-state index contributed by atoms with van der Waals surface area (Å²) in [5.74, 6) is -2.87. The van der Waals surface area contributed by atoms with Gasteiger partial charge in [0, 0.05) is 23.0 Å². The first-order valence-corrected chi connectivity index (χ1v) is 10.3. The van der Waals surface area contributed by atoms with Gasteiger partial charge in [0.15, 0.2) is 0 Å². The van der Waals surface area contributed by atoms with Crippen molar-refractivity contribution >= 4 is 23.5 Å². The fraction of sp³-hybridized carbons (Fsp3) is 0.261. The lowest BCUT2D eigenvalue weighted by Crippen LogP contribution is -2.39. The smallest absolute Gasteiger partial charge is 0.307 e. The van der Waals surface area contributed by atoms with Crippen LogP contribution in [0.25, 0.3) is 11.1 Å². The topological polar surface area (TPSA) is 115 Å². The van der Waals surface area contributed by atoms with Gasteiger partial charge in [0.1, 0.15) is 11.5 Å². The van der Waals surface area contributed by atoms with Gasteiger partial charge in [-0.15, -0.1) is 0 Å². The minimum Gasteiger partial charge on any atom is -0.481 e. The second-order valence-corrected chi connectivity index (χ2v) is 7.78. The number of carbonyl (C=O) groups is 2. The number of carbonyl (C=O) groups excluding carboxylic acids is 1. The first-order chi connectivity index (χ1) is 15.4. The molecular weight excluding hydrogens is 435 g/mol. The van der Waals surface area contributed by atoms with Gasteiger partial charge in [-0.3, -0.25) is 9.59 Å². The lowest BCUT2D eigenvalue weighted by Gasteiger charge is -2.21. The van der Waals surface area contributed by atoms with Gasteiger partial charge in [0.2, 0.25) is 0 Å². The van der Waals surface area contributed by atoms with E-state index >= 15 is 0 Å². The van der Waals surface area contributed by atoms with E-state index in [9.17, 15) is 19.1 Å². The molecule has 7 nitrogen and oxygen atoms in total. The number of azo groups is 1. The van der Waals surface area contributed by atoms with Crippen LogP contribution in [0.1, 0.15) is 18.4 Å². The van der Waals surface area contributed by atoms with E-state index in [4.69, 9.17) is 16.9 Å². The minimum atomic E-state index is -1.10. The summed E-state index contributed by atoms with van der Waals surface area (Å²) in [4.78, 5) is 24.0. The Kier molecular flexibility index (Phi) is 7.68. The molecule has 0 saturated carbocycles. The van der Waals surface area contributed by atoms with Crippen LogP contribution in [0.2, 0.25) is 5.02 Å². The van der Waals surface area contributed by atoms with Crippen LogP contribution in [0.3, 0.4) is 0 Å². The van der Waals surface area contributed by atoms with Crippen LogP contribution in [-0.2, 0) is 16.0 Å². The zero-order valence-corrected chi connectivity index (χ0v) is 17.7. The van der Waals surface area contributed by atoms with Crippen LogP contribution in [0, 0.1) is 23.1 Å². The number of aliphatic carboxylic acids is 1. The molecule has 32 heavy (non-hydrogen) atoms. The van der Waals surface area contributed by atoms with Crippen molar-refractivity contribution < 1.29 is 19.1 Å². The number of benzene rings is 2. The molecule has 2 aromatic rings. The van der Waals surface area contributed by atoms with Crippen molar-refractivity contribution in [1.82, 2.24) is 5.32 Å². The van der Waals surface area contributed by atoms with Gasteiger partial charge in [-0.05, 0) is 48.2 Å². The maximum atomic E-state index is 14.1. The van der Waals surface area contributed by atoms with Gasteiger partial charge < -0.3 is 10.4 Å². The zero-order valence-electron chi connectivity index (χ0n) is 17.0. The van der Waals surface area contributed by atoms with Gasteiger partial charge >= 0.3 is 5.97 Å². The molecule has 2 N–H and O–H groups in total. The van der Waals surface area contributed by atoms with Crippen LogP contribution >= 0.6 is 11.6 Å². The standard InChI is InChI=1S/C23H20ClFN4O3/c24-17-5-6-20(25)19(13-17)15-3-1-14(2-4-15)11-18(12-16(7-9-26)23(31)32)28-22(30)21-8-10-27-29-21/h1-6,8,13,16,18H,7,10-12H2,(H,28,30)(H,31,32)/t16-,18-/m1/s1. The SMILES string of the molecule is N#CC[C@H](C[C@@H](Cc1ccc(-c2cc(Cl)ccc2F)cc1)NC(=O)C1=CCN=N1)C(=O)O. The van der Waals surface area contributed by atoms with Crippen LogP contribution in [0.4, 0.5) is 4.39 Å². The fourth-order valence-electron chi connectivity index (χ4n) is 3.42. The van der Waals surface area contributed by atoms with E-state index in [0.717, 1.165) is 5.56 Å². The fourth-order valence-corrected chi connectivity index (χ4v) is 3.60. The molecule has 1 amide bonds. The van der Waals surface area contributed by atoms with Crippen LogP contribution in [0.15, 0.2) is 64.5 Å². The predicted molar refractivity (Wildman–Crippen MR) is 116 cm³/mol. The Bertz CT molecular complexity index is 1110. The number of halogens is 2. The summed E-state index contributed by atoms with van der Waals surface area (Å²) >= 11 is 5.97. The molecule has 2 atom stereocenters. The molecular formula is C23H20ClFN4O3. The Labute approximate surface area is 189 Å². The number of carboxylic acids is 1. The maximum absolute atomic E-state index is 14.1. The monoisotopic (exact) mass is 454 g/mol. The molecule has 164 valence electrons. The average Bonchev–Trinajstić information content (AvgIpc) is 3.31. The summed E-state index contributed by atoms with van der Waals surface area (Å²) in [6.45, 7) is 0.321. The third-order valence-corrected chi connectivity index (χ3v) is 5.28. The van der Waals surface area contributed by atoms with Crippen molar-refractivity contribution in [3.8, 4) is 17.2 Å². The number of rotatable bonds is 9. The molecule has 0 aliphatic carbocycles. The highest BCUT2D eigenvalue weighted by Gasteiger charge is 2.25. The summed E-state index contributed by atoms with van der Waals surface area (Å²) in [6.07, 6.45) is 1.80. The number of hydrogen-bond acceptors (Lipinski definition) is 5.